The van der Waals surface area contributed by atoms with Gasteiger partial charge in [-0.2, -0.15) is 0 Å². The zero-order valence-corrected chi connectivity index (χ0v) is 12.3. The van der Waals surface area contributed by atoms with Crippen LogP contribution < -0.4 is 5.32 Å². The van der Waals surface area contributed by atoms with E-state index in [1.807, 2.05) is 0 Å². The molecule has 5 nitrogen and oxygen atoms in total. The fourth-order valence-electron chi connectivity index (χ4n) is 2.58. The summed E-state index contributed by atoms with van der Waals surface area (Å²) in [7, 11) is 0. The Balaban J connectivity index is 2.58. The Morgan fingerprint density at radius 1 is 1.32 bits per heavy atom. The number of nitrogens with one attached hydrogen (secondary N) is 1. The highest BCUT2D eigenvalue weighted by Crippen LogP contribution is 2.41. The molecule has 0 aromatic heterocycles. The second-order valence-electron chi connectivity index (χ2n) is 6.76. The van der Waals surface area contributed by atoms with Crippen molar-refractivity contribution in [1.82, 2.24) is 5.32 Å². The van der Waals surface area contributed by atoms with E-state index in [1.54, 1.807) is 20.8 Å². The van der Waals surface area contributed by atoms with Crippen LogP contribution in [-0.4, -0.2) is 28.8 Å². The van der Waals surface area contributed by atoms with E-state index < -0.39 is 23.7 Å². The maximum atomic E-state index is 11.7. The van der Waals surface area contributed by atoms with E-state index in [0.29, 0.717) is 6.42 Å². The molecule has 0 heterocycles. The Morgan fingerprint density at radius 3 is 2.26 bits per heavy atom. The number of amides is 1. The first-order valence-electron chi connectivity index (χ1n) is 6.84. The van der Waals surface area contributed by atoms with Crippen LogP contribution in [-0.2, 0) is 9.53 Å². The van der Waals surface area contributed by atoms with Gasteiger partial charge in [0.15, 0.2) is 0 Å². The largest absolute Gasteiger partial charge is 0.480 e. The van der Waals surface area contributed by atoms with E-state index in [1.165, 1.54) is 0 Å². The number of carbonyl (C=O) groups excluding carboxylic acids is 1. The summed E-state index contributed by atoms with van der Waals surface area (Å²) in [6, 6.07) is -0.877. The highest BCUT2D eigenvalue weighted by molar-refractivity contribution is 5.80. The fraction of sp³-hybridized carbons (Fsp3) is 0.857. The molecule has 0 bridgehead atoms. The average molecular weight is 271 g/mol. The van der Waals surface area contributed by atoms with Crippen molar-refractivity contribution >= 4 is 12.1 Å². The molecule has 19 heavy (non-hydrogen) atoms. The van der Waals surface area contributed by atoms with Crippen LogP contribution in [0.2, 0.25) is 0 Å². The lowest BCUT2D eigenvalue weighted by Crippen LogP contribution is -2.45. The maximum Gasteiger partial charge on any atom is 0.408 e. The van der Waals surface area contributed by atoms with Gasteiger partial charge in [0, 0.05) is 0 Å². The molecule has 1 fully saturated rings. The normalized spacial score (nSPS) is 19.8. The van der Waals surface area contributed by atoms with Crippen LogP contribution in [0.3, 0.4) is 0 Å². The Bertz CT molecular complexity index is 340. The Morgan fingerprint density at radius 2 is 1.84 bits per heavy atom. The number of carboxylic acids is 1. The van der Waals surface area contributed by atoms with Crippen LogP contribution >= 0.6 is 0 Å². The van der Waals surface area contributed by atoms with Gasteiger partial charge >= 0.3 is 12.1 Å². The van der Waals surface area contributed by atoms with Crippen molar-refractivity contribution in [3.8, 4) is 0 Å². The lowest BCUT2D eigenvalue weighted by Gasteiger charge is -2.28. The first-order chi connectivity index (χ1) is 8.61. The Hall–Kier alpha value is -1.26. The van der Waals surface area contributed by atoms with Crippen LogP contribution in [0.25, 0.3) is 0 Å². The molecule has 0 aromatic rings. The molecule has 1 saturated carbocycles. The van der Waals surface area contributed by atoms with Crippen molar-refractivity contribution in [3.05, 3.63) is 0 Å². The molecule has 0 aliphatic heterocycles. The van der Waals surface area contributed by atoms with Crippen LogP contribution in [0.4, 0.5) is 4.79 Å². The number of carbonyl (C=O) groups is 2. The van der Waals surface area contributed by atoms with Crippen molar-refractivity contribution in [3.63, 3.8) is 0 Å². The van der Waals surface area contributed by atoms with Gasteiger partial charge in [0.25, 0.3) is 0 Å². The van der Waals surface area contributed by atoms with Crippen molar-refractivity contribution in [1.29, 1.82) is 0 Å². The van der Waals surface area contributed by atoms with Gasteiger partial charge in [-0.05, 0) is 45.4 Å². The standard InChI is InChI=1S/C14H25NO4/c1-13(2,3)19-12(18)15-10(11(16)17)9-14(4)7-5-6-8-14/h10H,5-9H2,1-4H3,(H,15,18)(H,16,17). The highest BCUT2D eigenvalue weighted by atomic mass is 16.6. The first kappa shape index (κ1) is 15.8. The molecule has 5 heteroatoms. The zero-order valence-electron chi connectivity index (χ0n) is 12.3. The Kier molecular flexibility index (Phi) is 4.82. The van der Waals surface area contributed by atoms with Gasteiger partial charge in [0.05, 0.1) is 0 Å². The number of hydrogen-bond donors (Lipinski definition) is 2. The second kappa shape index (κ2) is 5.80. The number of hydrogen-bond acceptors (Lipinski definition) is 3. The molecule has 1 amide bonds. The molecule has 1 unspecified atom stereocenters. The molecular weight excluding hydrogens is 246 g/mol. The van der Waals surface area contributed by atoms with Crippen molar-refractivity contribution in [2.75, 3.05) is 0 Å². The van der Waals surface area contributed by atoms with Gasteiger partial charge in [-0.15, -0.1) is 0 Å². The Labute approximate surface area is 114 Å². The van der Waals surface area contributed by atoms with Gasteiger partial charge in [-0.25, -0.2) is 9.59 Å². The SMILES string of the molecule is CC1(CC(NC(=O)OC(C)(C)C)C(=O)O)CCCC1. The molecule has 0 saturated heterocycles. The minimum atomic E-state index is -1.00. The molecule has 1 aliphatic rings. The third-order valence-corrected chi connectivity index (χ3v) is 3.50. The predicted octanol–water partition coefficient (Wildman–Crippen LogP) is 2.93. The van der Waals surface area contributed by atoms with Gasteiger partial charge in [0.2, 0.25) is 0 Å². The first-order valence-corrected chi connectivity index (χ1v) is 6.84. The summed E-state index contributed by atoms with van der Waals surface area (Å²) in [6.45, 7) is 7.34. The third-order valence-electron chi connectivity index (χ3n) is 3.50. The number of rotatable bonds is 4. The van der Waals surface area contributed by atoms with Crippen molar-refractivity contribution in [2.24, 2.45) is 5.41 Å². The van der Waals surface area contributed by atoms with Gasteiger partial charge in [-0.1, -0.05) is 19.8 Å². The molecule has 110 valence electrons. The number of alkyl carbamates (subject to hydrolysis) is 1. The van der Waals surface area contributed by atoms with E-state index >= 15 is 0 Å². The van der Waals surface area contributed by atoms with E-state index in [-0.39, 0.29) is 5.41 Å². The zero-order chi connectivity index (χ0) is 14.7. The van der Waals surface area contributed by atoms with E-state index in [2.05, 4.69) is 12.2 Å². The molecule has 1 aliphatic carbocycles. The predicted molar refractivity (Wildman–Crippen MR) is 72.0 cm³/mol. The van der Waals surface area contributed by atoms with E-state index in [4.69, 9.17) is 4.74 Å². The minimum Gasteiger partial charge on any atom is -0.480 e. The summed E-state index contributed by atoms with van der Waals surface area (Å²) in [6.07, 6.45) is 4.10. The quantitative estimate of drug-likeness (QED) is 0.824. The van der Waals surface area contributed by atoms with Crippen LogP contribution in [0.1, 0.15) is 59.8 Å². The average Bonchev–Trinajstić information content (AvgIpc) is 2.61. The van der Waals surface area contributed by atoms with Gasteiger partial charge in [-0.3, -0.25) is 0 Å². The molecule has 2 N–H and O–H groups in total. The fourth-order valence-corrected chi connectivity index (χ4v) is 2.58. The second-order valence-corrected chi connectivity index (χ2v) is 6.76. The van der Waals surface area contributed by atoms with Gasteiger partial charge < -0.3 is 15.2 Å². The van der Waals surface area contributed by atoms with Crippen molar-refractivity contribution in [2.45, 2.75) is 71.4 Å². The van der Waals surface area contributed by atoms with Crippen LogP contribution in [0.5, 0.6) is 0 Å². The molecule has 0 aromatic carbocycles. The maximum absolute atomic E-state index is 11.7. The summed E-state index contributed by atoms with van der Waals surface area (Å²) in [5.41, 5.74) is -0.609. The summed E-state index contributed by atoms with van der Waals surface area (Å²) in [5, 5.41) is 11.7. The summed E-state index contributed by atoms with van der Waals surface area (Å²) in [4.78, 5) is 22.9. The van der Waals surface area contributed by atoms with Gasteiger partial charge in [0.1, 0.15) is 11.6 Å². The molecule has 1 atom stereocenters. The van der Waals surface area contributed by atoms with Crippen LogP contribution in [0.15, 0.2) is 0 Å². The third kappa shape index (κ3) is 5.49. The lowest BCUT2D eigenvalue weighted by atomic mass is 9.82. The monoisotopic (exact) mass is 271 g/mol. The number of aliphatic carboxylic acids is 1. The topological polar surface area (TPSA) is 75.6 Å². The summed E-state index contributed by atoms with van der Waals surface area (Å²) in [5.74, 6) is -1.00. The lowest BCUT2D eigenvalue weighted by molar-refractivity contribution is -0.140. The van der Waals surface area contributed by atoms with Crippen molar-refractivity contribution < 1.29 is 19.4 Å². The van der Waals surface area contributed by atoms with E-state index in [9.17, 15) is 14.7 Å². The van der Waals surface area contributed by atoms with E-state index in [0.717, 1.165) is 25.7 Å². The molecular formula is C14H25NO4. The molecule has 0 radical (unpaired) electrons. The molecule has 1 rings (SSSR count). The highest BCUT2D eigenvalue weighted by Gasteiger charge is 2.35. The summed E-state index contributed by atoms with van der Waals surface area (Å²) >= 11 is 0. The molecule has 0 spiro atoms. The smallest absolute Gasteiger partial charge is 0.408 e. The minimum absolute atomic E-state index is 0.0120. The number of ether oxygens (including phenoxy) is 1. The summed E-state index contributed by atoms with van der Waals surface area (Å²) < 4.78 is 5.10. The number of carboxylic acid groups (broad SMARTS) is 1. The van der Waals surface area contributed by atoms with Crippen LogP contribution in [0, 0.1) is 5.41 Å².